The van der Waals surface area contributed by atoms with E-state index in [9.17, 15) is 14.0 Å². The van der Waals surface area contributed by atoms with Crippen LogP contribution < -0.4 is 11.1 Å². The van der Waals surface area contributed by atoms with Gasteiger partial charge in [-0.2, -0.15) is 0 Å². The quantitative estimate of drug-likeness (QED) is 0.331. The minimum absolute atomic E-state index is 0.211. The summed E-state index contributed by atoms with van der Waals surface area (Å²) in [7, 11) is 0. The first kappa shape index (κ1) is 17.1. The highest BCUT2D eigenvalue weighted by atomic mass is 32.1. The van der Waals surface area contributed by atoms with Gasteiger partial charge in [0, 0.05) is 12.1 Å². The van der Waals surface area contributed by atoms with Gasteiger partial charge < -0.3 is 10.2 Å². The van der Waals surface area contributed by atoms with Crippen LogP contribution in [0.3, 0.4) is 0 Å². The molecule has 8 heteroatoms. The molecular formula is C13H18FN3O3S. The van der Waals surface area contributed by atoms with E-state index in [4.69, 9.17) is 4.74 Å². The van der Waals surface area contributed by atoms with E-state index in [1.54, 1.807) is 6.92 Å². The molecule has 0 aliphatic carbocycles. The molecule has 0 aromatic carbocycles. The van der Waals surface area contributed by atoms with Crippen molar-refractivity contribution < 1.29 is 13.9 Å². The second-order valence-electron chi connectivity index (χ2n) is 4.49. The van der Waals surface area contributed by atoms with E-state index in [1.807, 2.05) is 0 Å². The number of H-pyrrole nitrogens is 1. The molecule has 0 unspecified atom stereocenters. The predicted octanol–water partition coefficient (Wildman–Crippen LogP) is 1.88. The second kappa shape index (κ2) is 8.35. The van der Waals surface area contributed by atoms with Gasteiger partial charge in [0.25, 0.3) is 0 Å². The number of aromatic amines is 1. The molecule has 1 heterocycles. The molecule has 21 heavy (non-hydrogen) atoms. The maximum absolute atomic E-state index is 13.2. The zero-order valence-electron chi connectivity index (χ0n) is 11.8. The van der Waals surface area contributed by atoms with Crippen molar-refractivity contribution in [3.63, 3.8) is 0 Å². The highest BCUT2D eigenvalue weighted by Gasteiger charge is 2.02. The highest BCUT2D eigenvalue weighted by molar-refractivity contribution is 7.71. The molecule has 0 amide bonds. The summed E-state index contributed by atoms with van der Waals surface area (Å²) in [6.07, 6.45) is 3.27. The first-order valence-corrected chi connectivity index (χ1v) is 6.90. The number of unbranched alkanes of at least 4 members (excludes halogenated alkanes) is 2. The highest BCUT2D eigenvalue weighted by Crippen LogP contribution is 1.99. The van der Waals surface area contributed by atoms with Gasteiger partial charge in [0.2, 0.25) is 0 Å². The lowest BCUT2D eigenvalue weighted by Crippen LogP contribution is -2.31. The van der Waals surface area contributed by atoms with Crippen molar-refractivity contribution in [3.8, 4) is 0 Å². The summed E-state index contributed by atoms with van der Waals surface area (Å²) < 4.78 is 18.9. The molecule has 2 N–H and O–H groups in total. The van der Waals surface area contributed by atoms with E-state index >= 15 is 0 Å². The molecule has 1 rings (SSSR count). The number of halogens is 1. The van der Waals surface area contributed by atoms with E-state index in [1.165, 1.54) is 0 Å². The van der Waals surface area contributed by atoms with Gasteiger partial charge >= 0.3 is 11.7 Å². The van der Waals surface area contributed by atoms with Crippen molar-refractivity contribution in [2.75, 3.05) is 18.6 Å². The van der Waals surface area contributed by atoms with Crippen molar-refractivity contribution in [2.45, 2.75) is 26.2 Å². The third-order valence-electron chi connectivity index (χ3n) is 2.58. The molecule has 0 spiro atoms. The van der Waals surface area contributed by atoms with Gasteiger partial charge in [0.15, 0.2) is 5.82 Å². The van der Waals surface area contributed by atoms with Crippen LogP contribution >= 0.6 is 12.2 Å². The fourth-order valence-corrected chi connectivity index (χ4v) is 1.60. The number of hydrogen-bond donors (Lipinski definition) is 2. The van der Waals surface area contributed by atoms with Gasteiger partial charge in [-0.05, 0) is 26.2 Å². The van der Waals surface area contributed by atoms with Crippen LogP contribution in [-0.4, -0.2) is 28.8 Å². The minimum atomic E-state index is -0.663. The van der Waals surface area contributed by atoms with E-state index in [0.29, 0.717) is 25.1 Å². The lowest BCUT2D eigenvalue weighted by Gasteiger charge is -2.09. The number of rotatable bonds is 8. The Morgan fingerprint density at radius 1 is 1.52 bits per heavy atom. The van der Waals surface area contributed by atoms with Crippen LogP contribution in [0.1, 0.15) is 26.2 Å². The van der Waals surface area contributed by atoms with Crippen LogP contribution in [0.25, 0.3) is 0 Å². The van der Waals surface area contributed by atoms with E-state index in [-0.39, 0.29) is 4.64 Å². The number of nitrogens with one attached hydrogen (secondary N) is 2. The average Bonchev–Trinajstić information content (AvgIpc) is 2.42. The Balaban J connectivity index is 2.22. The number of esters is 1. The first-order chi connectivity index (χ1) is 9.91. The SMILES string of the molecule is C=C(C)C(=O)OCCCCCNn1cc(F)c(=S)[nH]c1=O. The largest absolute Gasteiger partial charge is 0.462 e. The molecular weight excluding hydrogens is 297 g/mol. The first-order valence-electron chi connectivity index (χ1n) is 6.50. The Morgan fingerprint density at radius 2 is 2.24 bits per heavy atom. The molecule has 0 saturated carbocycles. The molecule has 0 fully saturated rings. The van der Waals surface area contributed by atoms with E-state index in [0.717, 1.165) is 23.7 Å². The van der Waals surface area contributed by atoms with Gasteiger partial charge in [-0.15, -0.1) is 0 Å². The summed E-state index contributed by atoms with van der Waals surface area (Å²) in [4.78, 5) is 24.7. The van der Waals surface area contributed by atoms with E-state index in [2.05, 4.69) is 29.2 Å². The van der Waals surface area contributed by atoms with Crippen LogP contribution in [0, 0.1) is 10.5 Å². The number of nitrogens with zero attached hydrogens (tertiary/aromatic N) is 1. The number of carbonyl (C=O) groups is 1. The molecule has 1 aromatic heterocycles. The minimum Gasteiger partial charge on any atom is -0.462 e. The second-order valence-corrected chi connectivity index (χ2v) is 4.90. The predicted molar refractivity (Wildman–Crippen MR) is 79.7 cm³/mol. The van der Waals surface area contributed by atoms with Crippen LogP contribution in [0.5, 0.6) is 0 Å². The molecule has 0 aliphatic rings. The standard InChI is InChI=1S/C13H18FN3O3S/c1-9(2)12(18)20-7-5-3-4-6-15-17-8-10(14)11(21)16-13(17)19/h8,15H,1,3-7H2,2H3,(H,16,19,21). The molecule has 1 aromatic rings. The van der Waals surface area contributed by atoms with Gasteiger partial charge in [-0.25, -0.2) is 18.7 Å². The summed E-state index contributed by atoms with van der Waals surface area (Å²) in [5.41, 5.74) is 2.62. The average molecular weight is 315 g/mol. The number of aromatic nitrogens is 2. The van der Waals surface area contributed by atoms with Gasteiger partial charge in [0.1, 0.15) is 4.64 Å². The fourth-order valence-electron chi connectivity index (χ4n) is 1.46. The van der Waals surface area contributed by atoms with E-state index < -0.39 is 17.5 Å². The van der Waals surface area contributed by atoms with Crippen molar-refractivity contribution in [2.24, 2.45) is 0 Å². The Kier molecular flexibility index (Phi) is 6.80. The zero-order chi connectivity index (χ0) is 15.8. The van der Waals surface area contributed by atoms with Crippen molar-refractivity contribution in [1.82, 2.24) is 9.66 Å². The molecule has 0 aliphatic heterocycles. The lowest BCUT2D eigenvalue weighted by molar-refractivity contribution is -0.139. The summed E-state index contributed by atoms with van der Waals surface area (Å²) in [6.45, 7) is 5.89. The molecule has 0 saturated heterocycles. The van der Waals surface area contributed by atoms with Crippen LogP contribution in [-0.2, 0) is 9.53 Å². The van der Waals surface area contributed by atoms with Crippen molar-refractivity contribution >= 4 is 18.2 Å². The van der Waals surface area contributed by atoms with Gasteiger partial charge in [0.05, 0.1) is 12.8 Å². The Morgan fingerprint density at radius 3 is 2.90 bits per heavy atom. The molecule has 0 bridgehead atoms. The van der Waals surface area contributed by atoms with Crippen molar-refractivity contribution in [3.05, 3.63) is 39.3 Å². The number of carbonyl (C=O) groups excluding carboxylic acids is 1. The third kappa shape index (κ3) is 5.90. The van der Waals surface area contributed by atoms with Crippen LogP contribution in [0.2, 0.25) is 0 Å². The topological polar surface area (TPSA) is 76.1 Å². The molecule has 0 radical (unpaired) electrons. The zero-order valence-corrected chi connectivity index (χ0v) is 12.6. The number of ether oxygens (including phenoxy) is 1. The summed E-state index contributed by atoms with van der Waals surface area (Å²) >= 11 is 4.60. The molecule has 6 nitrogen and oxygen atoms in total. The molecule has 0 atom stereocenters. The summed E-state index contributed by atoms with van der Waals surface area (Å²) in [6, 6.07) is 0. The Hall–Kier alpha value is -1.96. The summed E-state index contributed by atoms with van der Waals surface area (Å²) in [5.74, 6) is -1.06. The monoisotopic (exact) mass is 315 g/mol. The summed E-state index contributed by atoms with van der Waals surface area (Å²) in [5, 5.41) is 0. The van der Waals surface area contributed by atoms with Gasteiger partial charge in [-0.1, -0.05) is 18.8 Å². The van der Waals surface area contributed by atoms with Gasteiger partial charge in [-0.3, -0.25) is 4.98 Å². The normalized spacial score (nSPS) is 10.2. The fraction of sp³-hybridized carbons (Fsp3) is 0.462. The lowest BCUT2D eigenvalue weighted by atomic mass is 10.2. The Bertz CT molecular complexity index is 624. The Labute approximate surface area is 126 Å². The number of hydrogen-bond acceptors (Lipinski definition) is 5. The van der Waals surface area contributed by atoms with Crippen LogP contribution in [0.15, 0.2) is 23.1 Å². The van der Waals surface area contributed by atoms with Crippen molar-refractivity contribution in [1.29, 1.82) is 0 Å². The maximum Gasteiger partial charge on any atom is 0.345 e. The smallest absolute Gasteiger partial charge is 0.345 e. The maximum atomic E-state index is 13.2. The third-order valence-corrected chi connectivity index (χ3v) is 2.88. The van der Waals surface area contributed by atoms with Crippen LogP contribution in [0.4, 0.5) is 4.39 Å². The molecule has 116 valence electrons.